The zero-order valence-corrected chi connectivity index (χ0v) is 24.6. The SMILES string of the molecule is Fc1ccc(-c2ccc(C(c3ccccc3)(c3ccc(-c4ccccc4)cc3)c3ccc(-c4ccc(F)cc4)cc3)cc2)cc1. The second-order valence-electron chi connectivity index (χ2n) is 11.2. The van der Waals surface area contributed by atoms with Crippen molar-refractivity contribution in [1.82, 2.24) is 0 Å². The fourth-order valence-electron chi connectivity index (χ4n) is 6.34. The lowest BCUT2D eigenvalue weighted by atomic mass is 9.64. The van der Waals surface area contributed by atoms with Gasteiger partial charge in [0.2, 0.25) is 0 Å². The third kappa shape index (κ3) is 5.47. The van der Waals surface area contributed by atoms with Crippen LogP contribution in [0, 0.1) is 11.6 Å². The van der Waals surface area contributed by atoms with Crippen LogP contribution in [-0.4, -0.2) is 0 Å². The first-order valence-corrected chi connectivity index (χ1v) is 15.1. The summed E-state index contributed by atoms with van der Waals surface area (Å²) in [6.07, 6.45) is 0. The minimum atomic E-state index is -0.640. The Morgan fingerprint density at radius 3 is 0.822 bits per heavy atom. The van der Waals surface area contributed by atoms with Gasteiger partial charge < -0.3 is 0 Å². The van der Waals surface area contributed by atoms with Gasteiger partial charge in [-0.15, -0.1) is 0 Å². The van der Waals surface area contributed by atoms with Gasteiger partial charge in [-0.05, 0) is 79.9 Å². The molecule has 0 spiro atoms. The largest absolute Gasteiger partial charge is 0.207 e. The van der Waals surface area contributed by atoms with Crippen molar-refractivity contribution in [3.05, 3.63) is 216 Å². The molecule has 0 amide bonds. The van der Waals surface area contributed by atoms with Crippen LogP contribution in [0.4, 0.5) is 8.78 Å². The summed E-state index contributed by atoms with van der Waals surface area (Å²) in [4.78, 5) is 0. The lowest BCUT2D eigenvalue weighted by Crippen LogP contribution is -2.31. The molecule has 0 saturated heterocycles. The molecule has 0 nitrogen and oxygen atoms in total. The Labute approximate surface area is 262 Å². The van der Waals surface area contributed by atoms with E-state index in [-0.39, 0.29) is 11.6 Å². The Hall–Kier alpha value is -5.60. The van der Waals surface area contributed by atoms with Crippen molar-refractivity contribution in [2.45, 2.75) is 5.41 Å². The molecule has 7 aromatic carbocycles. The normalized spacial score (nSPS) is 11.3. The van der Waals surface area contributed by atoms with Crippen molar-refractivity contribution in [2.24, 2.45) is 0 Å². The Morgan fingerprint density at radius 2 is 0.489 bits per heavy atom. The highest BCUT2D eigenvalue weighted by Crippen LogP contribution is 2.46. The van der Waals surface area contributed by atoms with E-state index in [1.807, 2.05) is 36.4 Å². The van der Waals surface area contributed by atoms with Crippen LogP contribution in [0.15, 0.2) is 182 Å². The number of hydrogen-bond acceptors (Lipinski definition) is 0. The van der Waals surface area contributed by atoms with Gasteiger partial charge in [-0.1, -0.05) is 158 Å². The molecule has 0 bridgehead atoms. The molecule has 0 saturated carbocycles. The number of hydrogen-bond donors (Lipinski definition) is 0. The smallest absolute Gasteiger partial charge is 0.123 e. The maximum atomic E-state index is 13.7. The van der Waals surface area contributed by atoms with Crippen LogP contribution in [0.5, 0.6) is 0 Å². The number of benzene rings is 7. The standard InChI is InChI=1S/C43H30F2/c44-41-27-17-35(18-28-41)33-13-23-39(24-14-33)43(37-9-5-2-6-10-37,38-21-11-32(12-22-38)31-7-3-1-4-8-31)40-25-15-34(16-26-40)36-19-29-42(45)30-20-36/h1-30H. The van der Waals surface area contributed by atoms with Gasteiger partial charge in [0.1, 0.15) is 11.6 Å². The highest BCUT2D eigenvalue weighted by Gasteiger charge is 2.38. The van der Waals surface area contributed by atoms with E-state index in [2.05, 4.69) is 121 Å². The molecule has 0 aromatic heterocycles. The molecule has 7 rings (SSSR count). The van der Waals surface area contributed by atoms with Gasteiger partial charge in [0, 0.05) is 0 Å². The van der Waals surface area contributed by atoms with Gasteiger partial charge in [-0.25, -0.2) is 8.78 Å². The van der Waals surface area contributed by atoms with Gasteiger partial charge in [0.25, 0.3) is 0 Å². The minimum Gasteiger partial charge on any atom is -0.207 e. The van der Waals surface area contributed by atoms with Crippen molar-refractivity contribution in [3.8, 4) is 33.4 Å². The van der Waals surface area contributed by atoms with E-state index >= 15 is 0 Å². The molecule has 0 aliphatic rings. The summed E-state index contributed by atoms with van der Waals surface area (Å²) in [6, 6.07) is 60.3. The van der Waals surface area contributed by atoms with E-state index < -0.39 is 5.41 Å². The average molecular weight is 585 g/mol. The quantitative estimate of drug-likeness (QED) is 0.164. The lowest BCUT2D eigenvalue weighted by molar-refractivity contribution is 0.627. The van der Waals surface area contributed by atoms with Gasteiger partial charge in [0.15, 0.2) is 0 Å². The van der Waals surface area contributed by atoms with Gasteiger partial charge >= 0.3 is 0 Å². The van der Waals surface area contributed by atoms with Crippen LogP contribution >= 0.6 is 0 Å². The van der Waals surface area contributed by atoms with Gasteiger partial charge in [0.05, 0.1) is 5.41 Å². The summed E-state index contributed by atoms with van der Waals surface area (Å²) in [7, 11) is 0. The Kier molecular flexibility index (Phi) is 7.63. The van der Waals surface area contributed by atoms with Crippen LogP contribution in [0.25, 0.3) is 33.4 Å². The van der Waals surface area contributed by atoms with Crippen LogP contribution in [0.3, 0.4) is 0 Å². The Balaban J connectivity index is 1.43. The summed E-state index contributed by atoms with van der Waals surface area (Å²) in [5.74, 6) is -0.497. The van der Waals surface area contributed by atoms with E-state index in [0.717, 1.165) is 50.1 Å². The maximum absolute atomic E-state index is 13.7. The molecule has 7 aromatic rings. The fourth-order valence-corrected chi connectivity index (χ4v) is 6.34. The summed E-state index contributed by atoms with van der Waals surface area (Å²) < 4.78 is 27.3. The summed E-state index contributed by atoms with van der Waals surface area (Å²) in [5, 5.41) is 0. The molecule has 0 heterocycles. The molecule has 216 valence electrons. The monoisotopic (exact) mass is 584 g/mol. The van der Waals surface area contributed by atoms with E-state index in [4.69, 9.17) is 0 Å². The first-order valence-electron chi connectivity index (χ1n) is 15.1. The van der Waals surface area contributed by atoms with Crippen molar-refractivity contribution >= 4 is 0 Å². The van der Waals surface area contributed by atoms with E-state index in [9.17, 15) is 8.78 Å². The second kappa shape index (κ2) is 12.2. The van der Waals surface area contributed by atoms with E-state index in [1.54, 1.807) is 0 Å². The zero-order valence-electron chi connectivity index (χ0n) is 24.6. The van der Waals surface area contributed by atoms with Crippen LogP contribution in [-0.2, 0) is 5.41 Å². The lowest BCUT2D eigenvalue weighted by Gasteiger charge is -2.37. The van der Waals surface area contributed by atoms with Gasteiger partial charge in [-0.3, -0.25) is 0 Å². The molecule has 0 fully saturated rings. The highest BCUT2D eigenvalue weighted by atomic mass is 19.1. The predicted octanol–water partition coefficient (Wildman–Crippen LogP) is 11.3. The third-order valence-corrected chi connectivity index (χ3v) is 8.62. The summed E-state index contributed by atoms with van der Waals surface area (Å²) in [5.41, 5.74) is 10.1. The molecular formula is C43H30F2. The van der Waals surface area contributed by atoms with E-state index in [1.165, 1.54) is 29.8 Å². The highest BCUT2D eigenvalue weighted by molar-refractivity contribution is 5.70. The number of rotatable bonds is 7. The van der Waals surface area contributed by atoms with Crippen molar-refractivity contribution in [2.75, 3.05) is 0 Å². The predicted molar refractivity (Wildman–Crippen MR) is 181 cm³/mol. The molecule has 0 aliphatic carbocycles. The van der Waals surface area contributed by atoms with Crippen molar-refractivity contribution in [1.29, 1.82) is 0 Å². The Morgan fingerprint density at radius 1 is 0.244 bits per heavy atom. The van der Waals surface area contributed by atoms with Crippen molar-refractivity contribution in [3.63, 3.8) is 0 Å². The van der Waals surface area contributed by atoms with Crippen LogP contribution < -0.4 is 0 Å². The van der Waals surface area contributed by atoms with Gasteiger partial charge in [-0.2, -0.15) is 0 Å². The Bertz CT molecular complexity index is 1900. The summed E-state index contributed by atoms with van der Waals surface area (Å²) >= 11 is 0. The van der Waals surface area contributed by atoms with Crippen LogP contribution in [0.1, 0.15) is 22.3 Å². The first kappa shape index (κ1) is 28.2. The van der Waals surface area contributed by atoms with E-state index in [0.29, 0.717) is 0 Å². The van der Waals surface area contributed by atoms with Crippen LogP contribution in [0.2, 0.25) is 0 Å². The minimum absolute atomic E-state index is 0.249. The van der Waals surface area contributed by atoms with Crippen molar-refractivity contribution < 1.29 is 8.78 Å². The molecule has 0 radical (unpaired) electrons. The maximum Gasteiger partial charge on any atom is 0.123 e. The average Bonchev–Trinajstić information content (AvgIpc) is 3.11. The number of halogens is 2. The molecule has 0 unspecified atom stereocenters. The second-order valence-corrected chi connectivity index (χ2v) is 11.2. The zero-order chi connectivity index (χ0) is 30.6. The molecule has 0 atom stereocenters. The summed E-state index contributed by atoms with van der Waals surface area (Å²) in [6.45, 7) is 0. The third-order valence-electron chi connectivity index (χ3n) is 8.62. The molecule has 0 aliphatic heterocycles. The molecular weight excluding hydrogens is 554 g/mol. The molecule has 2 heteroatoms. The first-order chi connectivity index (χ1) is 22.1. The molecule has 45 heavy (non-hydrogen) atoms. The fraction of sp³-hybridized carbons (Fsp3) is 0.0233. The molecule has 0 N–H and O–H groups in total. The topological polar surface area (TPSA) is 0 Å².